The molecule has 110 valence electrons. The van der Waals surface area contributed by atoms with Crippen LogP contribution in [-0.4, -0.2) is 15.6 Å². The van der Waals surface area contributed by atoms with Gasteiger partial charge in [0.05, 0.1) is 0 Å². The zero-order chi connectivity index (χ0) is 15.1. The average Bonchev–Trinajstić information content (AvgIpc) is 2.59. The molecule has 1 aromatic carbocycles. The molecule has 0 radical (unpaired) electrons. The summed E-state index contributed by atoms with van der Waals surface area (Å²) in [6.07, 6.45) is 1.39. The summed E-state index contributed by atoms with van der Waals surface area (Å²) in [4.78, 5) is 30.6. The summed E-state index contributed by atoms with van der Waals surface area (Å²) >= 11 is 0. The Morgan fingerprint density at radius 3 is 2.50 bits per heavy atom. The molecule has 1 aliphatic carbocycles. The summed E-state index contributed by atoms with van der Waals surface area (Å²) < 4.78 is 15.9. The Kier molecular flexibility index (Phi) is 3.80. The van der Waals surface area contributed by atoms with Gasteiger partial charge in [-0.25, -0.2) is 4.57 Å². The van der Waals surface area contributed by atoms with E-state index in [0.717, 1.165) is 0 Å². The average molecular weight is 298 g/mol. The Labute approximate surface area is 118 Å². The molecule has 0 amide bonds. The summed E-state index contributed by atoms with van der Waals surface area (Å²) in [6.45, 7) is 5.83. The number of fused-ring (bicyclic) bond motifs is 1. The quantitative estimate of drug-likeness (QED) is 0.833. The van der Waals surface area contributed by atoms with Gasteiger partial charge in [-0.15, -0.1) is 0 Å². The lowest BCUT2D eigenvalue weighted by atomic mass is 9.74. The first-order chi connectivity index (χ1) is 9.24. The zero-order valence-corrected chi connectivity index (χ0v) is 12.7. The molecule has 2 N–H and O–H groups in total. The molecule has 5 nitrogen and oxygen atoms in total. The molecule has 2 rings (SSSR count). The van der Waals surface area contributed by atoms with E-state index in [0.29, 0.717) is 24.0 Å². The predicted octanol–water partition coefficient (Wildman–Crippen LogP) is 3.26. The lowest BCUT2D eigenvalue weighted by Gasteiger charge is -2.28. The van der Waals surface area contributed by atoms with Crippen molar-refractivity contribution in [2.75, 3.05) is 0 Å². The lowest BCUT2D eigenvalue weighted by molar-refractivity contribution is 0.0798. The first kappa shape index (κ1) is 15.2. The normalized spacial score (nSPS) is 25.6. The fourth-order valence-electron chi connectivity index (χ4n) is 3.16. The Bertz CT molecular complexity index is 591. The second-order valence-electron chi connectivity index (χ2n) is 5.36. The van der Waals surface area contributed by atoms with E-state index in [9.17, 15) is 9.36 Å². The van der Waals surface area contributed by atoms with Crippen LogP contribution in [-0.2, 0) is 4.57 Å². The van der Waals surface area contributed by atoms with E-state index in [2.05, 4.69) is 0 Å². The number of rotatable bonds is 4. The molecule has 0 heterocycles. The number of hydrogen-bond acceptors (Lipinski definition) is 3. The van der Waals surface area contributed by atoms with Crippen molar-refractivity contribution in [1.82, 2.24) is 0 Å². The van der Waals surface area contributed by atoms with E-state index in [1.807, 2.05) is 20.8 Å². The minimum Gasteiger partial charge on any atom is -0.404 e. The monoisotopic (exact) mass is 298 g/mol. The van der Waals surface area contributed by atoms with Gasteiger partial charge in [-0.1, -0.05) is 32.9 Å². The molecular formula is C14H19O5P. The zero-order valence-electron chi connectivity index (χ0n) is 11.8. The smallest absolute Gasteiger partial charge is 0.404 e. The van der Waals surface area contributed by atoms with Crippen LogP contribution in [0.2, 0.25) is 0 Å². The van der Waals surface area contributed by atoms with Crippen LogP contribution >= 0.6 is 7.82 Å². The first-order valence-electron chi connectivity index (χ1n) is 6.67. The SMILES string of the molecule is CCC1c2c(OP(=O)(O)O)cccc2C(=O)C1(C)CC. The minimum atomic E-state index is -4.64. The van der Waals surface area contributed by atoms with Crippen LogP contribution < -0.4 is 4.52 Å². The second-order valence-corrected chi connectivity index (χ2v) is 6.52. The summed E-state index contributed by atoms with van der Waals surface area (Å²) in [7, 11) is -4.64. The van der Waals surface area contributed by atoms with Gasteiger partial charge in [-0.05, 0) is 18.9 Å². The molecule has 0 bridgehead atoms. The van der Waals surface area contributed by atoms with Crippen molar-refractivity contribution in [3.63, 3.8) is 0 Å². The molecule has 0 aliphatic heterocycles. The Hall–Kier alpha value is -1.16. The number of carbonyl (C=O) groups excluding carboxylic acids is 1. The third-order valence-corrected chi connectivity index (χ3v) is 4.74. The van der Waals surface area contributed by atoms with E-state index in [4.69, 9.17) is 14.3 Å². The maximum absolute atomic E-state index is 12.6. The maximum Gasteiger partial charge on any atom is 0.524 e. The minimum absolute atomic E-state index is 0.0259. The van der Waals surface area contributed by atoms with Crippen molar-refractivity contribution in [1.29, 1.82) is 0 Å². The standard InChI is InChI=1S/C14H19O5P/c1-4-10-12-9(13(15)14(10,3)5-2)7-6-8-11(12)19-20(16,17)18/h6-8,10H,4-5H2,1-3H3,(H2,16,17,18). The third-order valence-electron chi connectivity index (χ3n) is 4.31. The molecule has 0 saturated heterocycles. The third kappa shape index (κ3) is 2.30. The van der Waals surface area contributed by atoms with Crippen LogP contribution in [0.3, 0.4) is 0 Å². The number of carbonyl (C=O) groups is 1. The molecule has 2 atom stereocenters. The fourth-order valence-corrected chi connectivity index (χ4v) is 3.57. The van der Waals surface area contributed by atoms with Gasteiger partial charge >= 0.3 is 7.82 Å². The van der Waals surface area contributed by atoms with Gasteiger partial charge in [0.2, 0.25) is 0 Å². The van der Waals surface area contributed by atoms with Gasteiger partial charge in [-0.3, -0.25) is 14.6 Å². The van der Waals surface area contributed by atoms with Crippen LogP contribution in [0.15, 0.2) is 18.2 Å². The summed E-state index contributed by atoms with van der Waals surface area (Å²) in [5.74, 6) is 0.0592. The molecule has 20 heavy (non-hydrogen) atoms. The highest BCUT2D eigenvalue weighted by Crippen LogP contribution is 2.55. The van der Waals surface area contributed by atoms with Gasteiger partial charge in [0.25, 0.3) is 0 Å². The topological polar surface area (TPSA) is 83.8 Å². The van der Waals surface area contributed by atoms with Crippen molar-refractivity contribution in [2.45, 2.75) is 39.5 Å². The highest BCUT2D eigenvalue weighted by molar-refractivity contribution is 7.46. The molecule has 1 aliphatic rings. The Morgan fingerprint density at radius 2 is 2.00 bits per heavy atom. The van der Waals surface area contributed by atoms with Gasteiger partial charge in [-0.2, -0.15) is 0 Å². The van der Waals surface area contributed by atoms with E-state index in [-0.39, 0.29) is 17.5 Å². The van der Waals surface area contributed by atoms with Crippen molar-refractivity contribution in [3.05, 3.63) is 29.3 Å². The highest BCUT2D eigenvalue weighted by atomic mass is 31.2. The van der Waals surface area contributed by atoms with Crippen LogP contribution in [0.4, 0.5) is 0 Å². The number of phosphoric acid groups is 1. The maximum atomic E-state index is 12.6. The van der Waals surface area contributed by atoms with Crippen LogP contribution in [0.25, 0.3) is 0 Å². The van der Waals surface area contributed by atoms with E-state index < -0.39 is 13.2 Å². The molecule has 2 unspecified atom stereocenters. The highest BCUT2D eigenvalue weighted by Gasteiger charge is 2.49. The van der Waals surface area contributed by atoms with E-state index in [1.165, 1.54) is 6.07 Å². The number of benzene rings is 1. The van der Waals surface area contributed by atoms with Crippen molar-refractivity contribution >= 4 is 13.6 Å². The second kappa shape index (κ2) is 4.99. The largest absolute Gasteiger partial charge is 0.524 e. The Balaban J connectivity index is 2.61. The van der Waals surface area contributed by atoms with Crippen molar-refractivity contribution < 1.29 is 23.7 Å². The van der Waals surface area contributed by atoms with Crippen LogP contribution in [0.1, 0.15) is 55.5 Å². The lowest BCUT2D eigenvalue weighted by Crippen LogP contribution is -2.26. The molecule has 0 fully saturated rings. The molecule has 6 heteroatoms. The summed E-state index contributed by atoms with van der Waals surface area (Å²) in [5, 5.41) is 0. The predicted molar refractivity (Wildman–Crippen MR) is 74.9 cm³/mol. The fraction of sp³-hybridized carbons (Fsp3) is 0.500. The van der Waals surface area contributed by atoms with Crippen molar-refractivity contribution in [2.24, 2.45) is 5.41 Å². The van der Waals surface area contributed by atoms with Gasteiger partial charge in [0, 0.05) is 22.5 Å². The number of phosphoric ester groups is 1. The first-order valence-corrected chi connectivity index (χ1v) is 8.20. The molecular weight excluding hydrogens is 279 g/mol. The Morgan fingerprint density at radius 1 is 1.35 bits per heavy atom. The van der Waals surface area contributed by atoms with Gasteiger partial charge in [0.15, 0.2) is 5.78 Å². The van der Waals surface area contributed by atoms with Gasteiger partial charge < -0.3 is 4.52 Å². The van der Waals surface area contributed by atoms with Crippen LogP contribution in [0.5, 0.6) is 5.75 Å². The molecule has 1 aromatic rings. The summed E-state index contributed by atoms with van der Waals surface area (Å²) in [5.41, 5.74) is 0.616. The molecule has 0 saturated carbocycles. The summed E-state index contributed by atoms with van der Waals surface area (Å²) in [6, 6.07) is 4.80. The molecule has 0 spiro atoms. The van der Waals surface area contributed by atoms with Crippen LogP contribution in [0, 0.1) is 5.41 Å². The number of ketones is 1. The van der Waals surface area contributed by atoms with E-state index >= 15 is 0 Å². The van der Waals surface area contributed by atoms with E-state index in [1.54, 1.807) is 12.1 Å². The number of Topliss-reactive ketones (excluding diaryl/α,β-unsaturated/α-hetero) is 1. The molecule has 0 aromatic heterocycles. The number of hydrogen-bond donors (Lipinski definition) is 2. The van der Waals surface area contributed by atoms with Crippen molar-refractivity contribution in [3.8, 4) is 5.75 Å². The van der Waals surface area contributed by atoms with Gasteiger partial charge in [0.1, 0.15) is 5.75 Å².